The number of rotatable bonds is 6. The zero-order valence-corrected chi connectivity index (χ0v) is 9.21. The molecule has 0 unspecified atom stereocenters. The Hall–Kier alpha value is -1.29. The van der Waals surface area contributed by atoms with Gasteiger partial charge in [0.2, 0.25) is 0 Å². The van der Waals surface area contributed by atoms with Gasteiger partial charge < -0.3 is 14.5 Å². The summed E-state index contributed by atoms with van der Waals surface area (Å²) < 4.78 is 10.2. The summed E-state index contributed by atoms with van der Waals surface area (Å²) in [7, 11) is 1.59. The van der Waals surface area contributed by atoms with Gasteiger partial charge in [-0.2, -0.15) is 0 Å². The average Bonchev–Trinajstić information content (AvgIpc) is 2.67. The molecule has 1 amide bonds. The van der Waals surface area contributed by atoms with Crippen molar-refractivity contribution in [2.45, 2.75) is 26.4 Å². The van der Waals surface area contributed by atoms with Crippen LogP contribution in [-0.2, 0) is 11.3 Å². The quantitative estimate of drug-likeness (QED) is 0.732. The molecule has 15 heavy (non-hydrogen) atoms. The van der Waals surface area contributed by atoms with Crippen molar-refractivity contribution in [1.82, 2.24) is 5.32 Å². The summed E-state index contributed by atoms with van der Waals surface area (Å²) in [5.74, 6) is 0.849. The Labute approximate surface area is 89.6 Å². The number of carbonyl (C=O) groups is 1. The molecule has 0 bridgehead atoms. The molecule has 1 aromatic rings. The summed E-state index contributed by atoms with van der Waals surface area (Å²) in [6.45, 7) is 3.16. The van der Waals surface area contributed by atoms with Crippen molar-refractivity contribution < 1.29 is 13.9 Å². The van der Waals surface area contributed by atoms with Gasteiger partial charge in [-0.1, -0.05) is 13.3 Å². The van der Waals surface area contributed by atoms with E-state index in [0.717, 1.165) is 12.8 Å². The number of hydrogen-bond acceptors (Lipinski definition) is 3. The summed E-state index contributed by atoms with van der Waals surface area (Å²) in [5.41, 5.74) is 0. The lowest BCUT2D eigenvalue weighted by Gasteiger charge is -2.00. The molecule has 0 saturated heterocycles. The summed E-state index contributed by atoms with van der Waals surface area (Å²) in [6.07, 6.45) is 2.05. The second-order valence-corrected chi connectivity index (χ2v) is 3.31. The van der Waals surface area contributed by atoms with Crippen LogP contribution in [0.5, 0.6) is 0 Å². The van der Waals surface area contributed by atoms with Crippen LogP contribution in [0, 0.1) is 0 Å². The van der Waals surface area contributed by atoms with E-state index in [1.807, 2.05) is 0 Å². The van der Waals surface area contributed by atoms with Crippen LogP contribution >= 0.6 is 0 Å². The standard InChI is InChI=1S/C11H17NO3/c1-3-4-7-12-11(13)10-6-5-9(15-10)8-14-2/h5-6H,3-4,7-8H2,1-2H3,(H,12,13). The zero-order valence-electron chi connectivity index (χ0n) is 9.21. The molecule has 0 radical (unpaired) electrons. The highest BCUT2D eigenvalue weighted by atomic mass is 16.5. The number of nitrogens with one attached hydrogen (secondary N) is 1. The van der Waals surface area contributed by atoms with Gasteiger partial charge in [0.25, 0.3) is 5.91 Å². The van der Waals surface area contributed by atoms with Gasteiger partial charge in [0.1, 0.15) is 12.4 Å². The molecule has 0 aliphatic rings. The van der Waals surface area contributed by atoms with E-state index in [4.69, 9.17) is 9.15 Å². The molecular formula is C11H17NO3. The van der Waals surface area contributed by atoms with E-state index in [9.17, 15) is 4.79 Å². The molecule has 0 aromatic carbocycles. The smallest absolute Gasteiger partial charge is 0.286 e. The first kappa shape index (κ1) is 11.8. The number of ether oxygens (including phenoxy) is 1. The molecule has 0 atom stereocenters. The van der Waals surface area contributed by atoms with Crippen LogP contribution in [0.1, 0.15) is 36.1 Å². The number of carbonyl (C=O) groups excluding carboxylic acids is 1. The molecule has 1 rings (SSSR count). The second-order valence-electron chi connectivity index (χ2n) is 3.31. The summed E-state index contributed by atoms with van der Waals surface area (Å²) in [4.78, 5) is 11.5. The highest BCUT2D eigenvalue weighted by Crippen LogP contribution is 2.08. The fourth-order valence-electron chi connectivity index (χ4n) is 1.19. The number of unbranched alkanes of at least 4 members (excludes halogenated alkanes) is 1. The van der Waals surface area contributed by atoms with Crippen LogP contribution in [0.2, 0.25) is 0 Å². The van der Waals surface area contributed by atoms with E-state index in [-0.39, 0.29) is 5.91 Å². The van der Waals surface area contributed by atoms with Crippen molar-refractivity contribution in [3.63, 3.8) is 0 Å². The van der Waals surface area contributed by atoms with E-state index in [0.29, 0.717) is 24.7 Å². The topological polar surface area (TPSA) is 51.5 Å². The van der Waals surface area contributed by atoms with Crippen LogP contribution in [0.25, 0.3) is 0 Å². The van der Waals surface area contributed by atoms with Crippen molar-refractivity contribution in [1.29, 1.82) is 0 Å². The fraction of sp³-hybridized carbons (Fsp3) is 0.545. The van der Waals surface area contributed by atoms with Crippen molar-refractivity contribution in [3.05, 3.63) is 23.7 Å². The highest BCUT2D eigenvalue weighted by molar-refractivity contribution is 5.91. The van der Waals surface area contributed by atoms with E-state index in [2.05, 4.69) is 12.2 Å². The maximum atomic E-state index is 11.5. The van der Waals surface area contributed by atoms with E-state index >= 15 is 0 Å². The van der Waals surface area contributed by atoms with Crippen molar-refractivity contribution in [2.24, 2.45) is 0 Å². The van der Waals surface area contributed by atoms with Crippen LogP contribution in [-0.4, -0.2) is 19.6 Å². The lowest BCUT2D eigenvalue weighted by Crippen LogP contribution is -2.23. The molecule has 0 spiro atoms. The SMILES string of the molecule is CCCCNC(=O)c1ccc(COC)o1. The molecule has 4 heteroatoms. The third kappa shape index (κ3) is 3.75. The zero-order chi connectivity index (χ0) is 11.1. The number of furan rings is 1. The molecule has 1 N–H and O–H groups in total. The van der Waals surface area contributed by atoms with Gasteiger partial charge in [0, 0.05) is 13.7 Å². The van der Waals surface area contributed by atoms with Crippen LogP contribution < -0.4 is 5.32 Å². The van der Waals surface area contributed by atoms with Crippen molar-refractivity contribution in [2.75, 3.05) is 13.7 Å². The first-order chi connectivity index (χ1) is 7.27. The number of methoxy groups -OCH3 is 1. The highest BCUT2D eigenvalue weighted by Gasteiger charge is 2.09. The minimum Gasteiger partial charge on any atom is -0.453 e. The molecule has 4 nitrogen and oxygen atoms in total. The Bertz CT molecular complexity index is 307. The largest absolute Gasteiger partial charge is 0.453 e. The normalized spacial score (nSPS) is 10.3. The number of hydrogen-bond donors (Lipinski definition) is 1. The predicted octanol–water partition coefficient (Wildman–Crippen LogP) is 1.96. The molecule has 84 valence electrons. The van der Waals surface area contributed by atoms with Gasteiger partial charge in [-0.15, -0.1) is 0 Å². The minimum absolute atomic E-state index is 0.161. The van der Waals surface area contributed by atoms with Gasteiger partial charge in [-0.3, -0.25) is 4.79 Å². The van der Waals surface area contributed by atoms with Gasteiger partial charge in [0.15, 0.2) is 5.76 Å². The average molecular weight is 211 g/mol. The minimum atomic E-state index is -0.161. The fourth-order valence-corrected chi connectivity index (χ4v) is 1.19. The Morgan fingerprint density at radius 2 is 2.33 bits per heavy atom. The van der Waals surface area contributed by atoms with Gasteiger partial charge >= 0.3 is 0 Å². The molecule has 1 aromatic heterocycles. The lowest BCUT2D eigenvalue weighted by atomic mass is 10.3. The van der Waals surface area contributed by atoms with E-state index in [1.165, 1.54) is 0 Å². The molecule has 0 aliphatic heterocycles. The molecule has 0 fully saturated rings. The summed E-state index contributed by atoms with van der Waals surface area (Å²) in [5, 5.41) is 2.78. The monoisotopic (exact) mass is 211 g/mol. The Morgan fingerprint density at radius 1 is 1.53 bits per heavy atom. The maximum Gasteiger partial charge on any atom is 0.286 e. The number of amides is 1. The summed E-state index contributed by atoms with van der Waals surface area (Å²) in [6, 6.07) is 3.41. The van der Waals surface area contributed by atoms with Crippen molar-refractivity contribution in [3.8, 4) is 0 Å². The maximum absolute atomic E-state index is 11.5. The third-order valence-corrected chi connectivity index (χ3v) is 1.99. The van der Waals surface area contributed by atoms with Gasteiger partial charge in [0.05, 0.1) is 0 Å². The molecular weight excluding hydrogens is 194 g/mol. The van der Waals surface area contributed by atoms with Gasteiger partial charge in [-0.05, 0) is 18.6 Å². The van der Waals surface area contributed by atoms with Gasteiger partial charge in [-0.25, -0.2) is 0 Å². The second kappa shape index (κ2) is 6.24. The third-order valence-electron chi connectivity index (χ3n) is 1.99. The molecule has 0 aliphatic carbocycles. The van der Waals surface area contributed by atoms with E-state index < -0.39 is 0 Å². The van der Waals surface area contributed by atoms with Crippen LogP contribution in [0.3, 0.4) is 0 Å². The first-order valence-corrected chi connectivity index (χ1v) is 5.13. The Morgan fingerprint density at radius 3 is 3.00 bits per heavy atom. The summed E-state index contributed by atoms with van der Waals surface area (Å²) >= 11 is 0. The molecule has 0 saturated carbocycles. The Balaban J connectivity index is 2.43. The molecule has 1 heterocycles. The van der Waals surface area contributed by atoms with Crippen molar-refractivity contribution >= 4 is 5.91 Å². The lowest BCUT2D eigenvalue weighted by molar-refractivity contribution is 0.0916. The van der Waals surface area contributed by atoms with E-state index in [1.54, 1.807) is 19.2 Å². The predicted molar refractivity (Wildman–Crippen MR) is 56.7 cm³/mol. The first-order valence-electron chi connectivity index (χ1n) is 5.13. The van der Waals surface area contributed by atoms with Crippen LogP contribution in [0.4, 0.5) is 0 Å². The van der Waals surface area contributed by atoms with Crippen LogP contribution in [0.15, 0.2) is 16.5 Å². The Kier molecular flexibility index (Phi) is 4.90.